The normalized spacial score (nSPS) is 41.1. The second kappa shape index (κ2) is 2.97. The number of rotatable bonds is 3. The van der Waals surface area contributed by atoms with Crippen molar-refractivity contribution >= 4 is 5.97 Å². The van der Waals surface area contributed by atoms with E-state index in [1.807, 2.05) is 13.8 Å². The molecule has 86 valence electrons. The maximum Gasteiger partial charge on any atom is 0.341 e. The maximum absolute atomic E-state index is 11.9. The van der Waals surface area contributed by atoms with E-state index in [2.05, 4.69) is 13.8 Å². The fraction of sp³-hybridized carbons (Fsp3) is 0.917. The van der Waals surface area contributed by atoms with Crippen molar-refractivity contribution in [1.82, 2.24) is 0 Å². The highest BCUT2D eigenvalue weighted by molar-refractivity contribution is 5.85. The molecular formula is C12H20O3. The van der Waals surface area contributed by atoms with Crippen LogP contribution in [0, 0.1) is 5.41 Å². The van der Waals surface area contributed by atoms with Crippen LogP contribution in [0.3, 0.4) is 0 Å². The molecular weight excluding hydrogens is 192 g/mol. The van der Waals surface area contributed by atoms with E-state index >= 15 is 0 Å². The van der Waals surface area contributed by atoms with Crippen LogP contribution in [0.5, 0.6) is 0 Å². The Labute approximate surface area is 91.1 Å². The van der Waals surface area contributed by atoms with Crippen LogP contribution in [0.25, 0.3) is 0 Å². The van der Waals surface area contributed by atoms with E-state index in [9.17, 15) is 4.79 Å². The Kier molecular flexibility index (Phi) is 2.16. The zero-order valence-electron chi connectivity index (χ0n) is 10.1. The van der Waals surface area contributed by atoms with E-state index in [-0.39, 0.29) is 17.0 Å². The van der Waals surface area contributed by atoms with Crippen molar-refractivity contribution in [3.63, 3.8) is 0 Å². The molecule has 2 aliphatic rings. The van der Waals surface area contributed by atoms with Gasteiger partial charge < -0.3 is 9.47 Å². The van der Waals surface area contributed by atoms with E-state index in [1.165, 1.54) is 0 Å². The molecule has 2 atom stereocenters. The molecule has 1 heterocycles. The summed E-state index contributed by atoms with van der Waals surface area (Å²) in [5.74, 6) is -0.166. The molecule has 0 radical (unpaired) electrons. The smallest absolute Gasteiger partial charge is 0.341 e. The van der Waals surface area contributed by atoms with Crippen molar-refractivity contribution in [2.45, 2.75) is 58.2 Å². The van der Waals surface area contributed by atoms with E-state index in [0.29, 0.717) is 6.61 Å². The monoisotopic (exact) mass is 212 g/mol. The summed E-state index contributed by atoms with van der Waals surface area (Å²) >= 11 is 0. The average Bonchev–Trinajstić information content (AvgIpc) is 2.90. The summed E-state index contributed by atoms with van der Waals surface area (Å²) in [7, 11) is 0. The molecule has 1 spiro atoms. The Morgan fingerprint density at radius 3 is 2.27 bits per heavy atom. The van der Waals surface area contributed by atoms with Gasteiger partial charge in [-0.25, -0.2) is 4.79 Å². The topological polar surface area (TPSA) is 38.8 Å². The van der Waals surface area contributed by atoms with Crippen molar-refractivity contribution < 1.29 is 14.3 Å². The lowest BCUT2D eigenvalue weighted by Crippen LogP contribution is -2.51. The highest BCUT2D eigenvalue weighted by atomic mass is 16.7. The van der Waals surface area contributed by atoms with Crippen LogP contribution in [-0.4, -0.2) is 23.8 Å². The predicted molar refractivity (Wildman–Crippen MR) is 56.5 cm³/mol. The maximum atomic E-state index is 11.9. The van der Waals surface area contributed by atoms with Crippen LogP contribution in [0.1, 0.15) is 47.0 Å². The molecule has 2 rings (SSSR count). The Morgan fingerprint density at radius 2 is 2.00 bits per heavy atom. The minimum Gasteiger partial charge on any atom is -0.464 e. The van der Waals surface area contributed by atoms with Crippen molar-refractivity contribution in [2.24, 2.45) is 5.41 Å². The minimum absolute atomic E-state index is 0.121. The van der Waals surface area contributed by atoms with Gasteiger partial charge in [0.1, 0.15) is 5.60 Å². The first-order valence-electron chi connectivity index (χ1n) is 5.83. The number of hydrogen-bond donors (Lipinski definition) is 0. The van der Waals surface area contributed by atoms with Gasteiger partial charge in [0.15, 0.2) is 5.60 Å². The molecule has 0 N–H and O–H groups in total. The average molecular weight is 212 g/mol. The third kappa shape index (κ3) is 1.07. The first-order valence-corrected chi connectivity index (χ1v) is 5.83. The standard InChI is InChI=1S/C12H20O3/c1-5-11(9(13)14-6-2)12(15-11)8-7-10(12,3)4/h5-8H2,1-4H3. The Balaban J connectivity index is 2.18. The number of carbonyl (C=O) groups is 1. The van der Waals surface area contributed by atoms with Gasteiger partial charge in [-0.2, -0.15) is 0 Å². The fourth-order valence-corrected chi connectivity index (χ4v) is 3.02. The van der Waals surface area contributed by atoms with Crippen LogP contribution < -0.4 is 0 Å². The SMILES string of the molecule is CCOC(=O)C1(CC)OC12CCC2(C)C. The lowest BCUT2D eigenvalue weighted by Gasteiger charge is -2.44. The number of esters is 1. The predicted octanol–water partition coefficient (Wildman–Crippen LogP) is 2.29. The van der Waals surface area contributed by atoms with Gasteiger partial charge in [-0.05, 0) is 31.6 Å². The van der Waals surface area contributed by atoms with E-state index in [0.717, 1.165) is 19.3 Å². The summed E-state index contributed by atoms with van der Waals surface area (Å²) in [4.78, 5) is 11.9. The lowest BCUT2D eigenvalue weighted by molar-refractivity contribution is -0.150. The zero-order chi connectivity index (χ0) is 11.3. The van der Waals surface area contributed by atoms with Crippen LogP contribution in [-0.2, 0) is 14.3 Å². The van der Waals surface area contributed by atoms with Gasteiger partial charge in [-0.15, -0.1) is 0 Å². The molecule has 3 nitrogen and oxygen atoms in total. The number of hydrogen-bond acceptors (Lipinski definition) is 3. The molecule has 1 aliphatic carbocycles. The first kappa shape index (κ1) is 10.9. The summed E-state index contributed by atoms with van der Waals surface area (Å²) < 4.78 is 11.0. The van der Waals surface area contributed by atoms with Gasteiger partial charge in [-0.1, -0.05) is 20.8 Å². The molecule has 0 amide bonds. The highest BCUT2D eigenvalue weighted by Crippen LogP contribution is 2.70. The van der Waals surface area contributed by atoms with Gasteiger partial charge in [0.2, 0.25) is 0 Å². The molecule has 0 aromatic rings. The number of epoxide rings is 1. The van der Waals surface area contributed by atoms with Gasteiger partial charge in [0, 0.05) is 0 Å². The fourth-order valence-electron chi connectivity index (χ4n) is 3.02. The van der Waals surface area contributed by atoms with E-state index in [1.54, 1.807) is 0 Å². The van der Waals surface area contributed by atoms with Gasteiger partial charge in [0.05, 0.1) is 6.61 Å². The Morgan fingerprint density at radius 1 is 1.33 bits per heavy atom. The molecule has 0 bridgehead atoms. The molecule has 2 unspecified atom stereocenters. The zero-order valence-corrected chi connectivity index (χ0v) is 10.1. The van der Waals surface area contributed by atoms with E-state index < -0.39 is 5.60 Å². The van der Waals surface area contributed by atoms with Crippen molar-refractivity contribution in [3.8, 4) is 0 Å². The number of ether oxygens (including phenoxy) is 2. The second-order valence-electron chi connectivity index (χ2n) is 5.21. The van der Waals surface area contributed by atoms with Crippen LogP contribution in [0.4, 0.5) is 0 Å². The summed E-state index contributed by atoms with van der Waals surface area (Å²) in [6.07, 6.45) is 2.84. The van der Waals surface area contributed by atoms with Crippen molar-refractivity contribution in [3.05, 3.63) is 0 Å². The quantitative estimate of drug-likeness (QED) is 0.532. The summed E-state index contributed by atoms with van der Waals surface area (Å²) in [6, 6.07) is 0. The molecule has 1 saturated heterocycles. The third-order valence-electron chi connectivity index (χ3n) is 4.26. The van der Waals surface area contributed by atoms with Gasteiger partial charge in [-0.3, -0.25) is 0 Å². The molecule has 1 aliphatic heterocycles. The molecule has 3 heteroatoms. The lowest BCUT2D eigenvalue weighted by atomic mass is 9.57. The molecule has 0 aromatic carbocycles. The summed E-state index contributed by atoms with van der Waals surface area (Å²) in [5.41, 5.74) is -0.735. The summed E-state index contributed by atoms with van der Waals surface area (Å²) in [5, 5.41) is 0. The molecule has 1 saturated carbocycles. The largest absolute Gasteiger partial charge is 0.464 e. The van der Waals surface area contributed by atoms with Crippen molar-refractivity contribution in [1.29, 1.82) is 0 Å². The minimum atomic E-state index is -0.634. The third-order valence-corrected chi connectivity index (χ3v) is 4.26. The first-order chi connectivity index (χ1) is 6.96. The molecule has 15 heavy (non-hydrogen) atoms. The van der Waals surface area contributed by atoms with Crippen molar-refractivity contribution in [2.75, 3.05) is 6.61 Å². The molecule has 2 fully saturated rings. The van der Waals surface area contributed by atoms with E-state index in [4.69, 9.17) is 9.47 Å². The summed E-state index contributed by atoms with van der Waals surface area (Å²) in [6.45, 7) is 8.61. The van der Waals surface area contributed by atoms with Crippen LogP contribution in [0.2, 0.25) is 0 Å². The van der Waals surface area contributed by atoms with Gasteiger partial charge >= 0.3 is 5.97 Å². The van der Waals surface area contributed by atoms with Crippen LogP contribution in [0.15, 0.2) is 0 Å². The highest BCUT2D eigenvalue weighted by Gasteiger charge is 2.83. The van der Waals surface area contributed by atoms with Gasteiger partial charge in [0.25, 0.3) is 0 Å². The van der Waals surface area contributed by atoms with Crippen LogP contribution >= 0.6 is 0 Å². The second-order valence-corrected chi connectivity index (χ2v) is 5.21. The Hall–Kier alpha value is -0.570. The molecule has 0 aromatic heterocycles. The number of carbonyl (C=O) groups excluding carboxylic acids is 1. The Bertz CT molecular complexity index is 297.